The van der Waals surface area contributed by atoms with E-state index in [4.69, 9.17) is 23.9 Å². The summed E-state index contributed by atoms with van der Waals surface area (Å²) in [6, 6.07) is 0. The Morgan fingerprint density at radius 1 is 1.40 bits per heavy atom. The summed E-state index contributed by atoms with van der Waals surface area (Å²) in [6.07, 6.45) is -1.65. The number of nitrogen functional groups attached to an aromatic ring is 1. The van der Waals surface area contributed by atoms with Gasteiger partial charge in [0.15, 0.2) is 36.3 Å². The molecule has 30 heavy (non-hydrogen) atoms. The standard InChI is InChI=1S/C16H25BrN5O6PSi/c1-16(2,3)30(4,5)28-11-10-8(6-25-29(23,24)27-10)26-14(11)22-13-9(21-15(22)17)12(18)19-7-20-13/h7-8,10-11,14H,6H2,1-5H3,(H,23,24)(H2,18,19,20)/p-1/t8?,10-,11-,14?/m0/s1. The third-order valence-electron chi connectivity index (χ3n) is 5.89. The van der Waals surface area contributed by atoms with E-state index in [-0.39, 0.29) is 17.5 Å². The molecule has 2 saturated heterocycles. The number of aromatic nitrogens is 4. The van der Waals surface area contributed by atoms with Gasteiger partial charge in [-0.3, -0.25) is 9.13 Å². The quantitative estimate of drug-likeness (QED) is 0.363. The Balaban J connectivity index is 1.81. The summed E-state index contributed by atoms with van der Waals surface area (Å²) in [4.78, 5) is 24.7. The van der Waals surface area contributed by atoms with Crippen molar-refractivity contribution in [2.45, 2.75) is 63.4 Å². The van der Waals surface area contributed by atoms with E-state index in [0.717, 1.165) is 0 Å². The van der Waals surface area contributed by atoms with Crippen molar-refractivity contribution < 1.29 is 27.7 Å². The molecule has 0 spiro atoms. The van der Waals surface area contributed by atoms with Crippen LogP contribution in [0.3, 0.4) is 0 Å². The highest BCUT2D eigenvalue weighted by Crippen LogP contribution is 2.52. The summed E-state index contributed by atoms with van der Waals surface area (Å²) in [7, 11) is -6.79. The van der Waals surface area contributed by atoms with Crippen LogP contribution in [0.5, 0.6) is 0 Å². The van der Waals surface area contributed by atoms with Gasteiger partial charge in [0.2, 0.25) is 0 Å². The second-order valence-corrected chi connectivity index (χ2v) is 15.7. The third-order valence-corrected chi connectivity index (χ3v) is 11.9. The number of rotatable bonds is 3. The lowest BCUT2D eigenvalue weighted by atomic mass is 10.1. The van der Waals surface area contributed by atoms with Crippen molar-refractivity contribution in [2.75, 3.05) is 12.3 Å². The molecule has 0 bridgehead atoms. The molecule has 166 valence electrons. The van der Waals surface area contributed by atoms with Crippen molar-refractivity contribution in [2.24, 2.45) is 0 Å². The summed E-state index contributed by atoms with van der Waals surface area (Å²) in [5.74, 6) is 0.223. The van der Waals surface area contributed by atoms with Crippen molar-refractivity contribution in [3.8, 4) is 0 Å². The Kier molecular flexibility index (Phi) is 5.43. The molecule has 0 amide bonds. The summed E-state index contributed by atoms with van der Waals surface area (Å²) in [5, 5.41) is -0.122. The van der Waals surface area contributed by atoms with E-state index in [1.54, 1.807) is 4.57 Å². The van der Waals surface area contributed by atoms with Crippen LogP contribution in [0.1, 0.15) is 27.0 Å². The zero-order valence-electron chi connectivity index (χ0n) is 17.2. The lowest BCUT2D eigenvalue weighted by molar-refractivity contribution is -0.245. The summed E-state index contributed by atoms with van der Waals surface area (Å²) >= 11 is 3.44. The van der Waals surface area contributed by atoms with Gasteiger partial charge in [0.05, 0.1) is 6.61 Å². The van der Waals surface area contributed by atoms with Gasteiger partial charge >= 0.3 is 0 Å². The highest BCUT2D eigenvalue weighted by Gasteiger charge is 2.55. The molecule has 4 rings (SSSR count). The minimum Gasteiger partial charge on any atom is -0.756 e. The fourth-order valence-electron chi connectivity index (χ4n) is 3.29. The Bertz CT molecular complexity index is 1030. The van der Waals surface area contributed by atoms with Crippen LogP contribution >= 0.6 is 23.8 Å². The number of phosphoric ester groups is 1. The average Bonchev–Trinajstić information content (AvgIpc) is 3.11. The van der Waals surface area contributed by atoms with Crippen LogP contribution < -0.4 is 10.6 Å². The number of fused-ring (bicyclic) bond motifs is 2. The van der Waals surface area contributed by atoms with Crippen LogP contribution in [0.15, 0.2) is 11.1 Å². The molecule has 11 nitrogen and oxygen atoms in total. The van der Waals surface area contributed by atoms with Gasteiger partial charge in [-0.2, -0.15) is 0 Å². The van der Waals surface area contributed by atoms with Crippen LogP contribution in [0.2, 0.25) is 18.1 Å². The summed E-state index contributed by atoms with van der Waals surface area (Å²) < 4.78 is 37.1. The predicted molar refractivity (Wildman–Crippen MR) is 112 cm³/mol. The number of hydrogen-bond acceptors (Lipinski definition) is 10. The molecule has 4 heterocycles. The van der Waals surface area contributed by atoms with E-state index in [9.17, 15) is 9.46 Å². The first-order valence-corrected chi connectivity index (χ1v) is 14.6. The van der Waals surface area contributed by atoms with Gasteiger partial charge in [0, 0.05) is 0 Å². The molecule has 2 aromatic heterocycles. The van der Waals surface area contributed by atoms with E-state index in [1.165, 1.54) is 6.33 Å². The number of anilines is 1. The first kappa shape index (κ1) is 22.3. The van der Waals surface area contributed by atoms with Gasteiger partial charge in [0.25, 0.3) is 7.82 Å². The molecule has 3 unspecified atom stereocenters. The van der Waals surface area contributed by atoms with E-state index in [1.807, 2.05) is 0 Å². The van der Waals surface area contributed by atoms with Crippen molar-refractivity contribution in [1.82, 2.24) is 19.5 Å². The summed E-state index contributed by atoms with van der Waals surface area (Å²) in [5.41, 5.74) is 6.79. The lowest BCUT2D eigenvalue weighted by Gasteiger charge is -2.42. The SMILES string of the molecule is CC(C)(C)[Si](C)(C)O[C@@H]1C(n2c(Br)nc3c(N)ncnc32)OC2COP(=O)([O-])O[C@@H]21. The Labute approximate surface area is 183 Å². The molecule has 0 radical (unpaired) electrons. The molecule has 2 fully saturated rings. The maximum Gasteiger partial charge on any atom is 0.268 e. The second-order valence-electron chi connectivity index (χ2n) is 8.90. The third kappa shape index (κ3) is 3.75. The van der Waals surface area contributed by atoms with Crippen LogP contribution in [0.25, 0.3) is 11.2 Å². The number of phosphoric acid groups is 1. The molecule has 2 aromatic rings. The summed E-state index contributed by atoms with van der Waals surface area (Å²) in [6.45, 7) is 10.3. The first-order valence-electron chi connectivity index (χ1n) is 9.42. The topological polar surface area (TPSA) is 147 Å². The minimum absolute atomic E-state index is 0.122. The van der Waals surface area contributed by atoms with Crippen molar-refractivity contribution in [3.63, 3.8) is 0 Å². The Hall–Kier alpha value is -0.923. The highest BCUT2D eigenvalue weighted by atomic mass is 79.9. The molecule has 2 aliphatic rings. The number of imidazole rings is 1. The molecule has 0 aliphatic carbocycles. The number of hydrogen-bond donors (Lipinski definition) is 1. The maximum absolute atomic E-state index is 12.0. The first-order chi connectivity index (χ1) is 13.8. The smallest absolute Gasteiger partial charge is 0.268 e. The number of ether oxygens (including phenoxy) is 1. The van der Waals surface area contributed by atoms with Crippen LogP contribution in [0, 0.1) is 0 Å². The highest BCUT2D eigenvalue weighted by molar-refractivity contribution is 9.10. The van der Waals surface area contributed by atoms with Gasteiger partial charge in [-0.25, -0.2) is 15.0 Å². The molecule has 2 aliphatic heterocycles. The van der Waals surface area contributed by atoms with E-state index in [0.29, 0.717) is 15.9 Å². The van der Waals surface area contributed by atoms with Crippen LogP contribution in [-0.2, 0) is 22.8 Å². The molecular formula is C16H24BrN5O6PSi-. The van der Waals surface area contributed by atoms with Crippen molar-refractivity contribution in [1.29, 1.82) is 0 Å². The van der Waals surface area contributed by atoms with Crippen LogP contribution in [-0.4, -0.2) is 52.8 Å². The fraction of sp³-hybridized carbons (Fsp3) is 0.688. The molecular weight excluding hydrogens is 497 g/mol. The predicted octanol–water partition coefficient (Wildman–Crippen LogP) is 2.34. The maximum atomic E-state index is 12.0. The van der Waals surface area contributed by atoms with Gasteiger partial charge in [-0.1, -0.05) is 20.8 Å². The minimum atomic E-state index is -4.45. The zero-order chi connectivity index (χ0) is 22.1. The number of halogens is 1. The zero-order valence-corrected chi connectivity index (χ0v) is 20.7. The Morgan fingerprint density at radius 3 is 2.77 bits per heavy atom. The van der Waals surface area contributed by atoms with E-state index < -0.39 is 40.7 Å². The molecule has 0 saturated carbocycles. The molecule has 2 N–H and O–H groups in total. The largest absolute Gasteiger partial charge is 0.756 e. The van der Waals surface area contributed by atoms with E-state index >= 15 is 0 Å². The second kappa shape index (κ2) is 7.31. The molecule has 14 heteroatoms. The lowest BCUT2D eigenvalue weighted by Crippen LogP contribution is -2.50. The van der Waals surface area contributed by atoms with Gasteiger partial charge in [-0.15, -0.1) is 0 Å². The van der Waals surface area contributed by atoms with Crippen molar-refractivity contribution >= 4 is 49.1 Å². The van der Waals surface area contributed by atoms with Gasteiger partial charge in [-0.05, 0) is 34.1 Å². The Morgan fingerprint density at radius 2 is 2.10 bits per heavy atom. The van der Waals surface area contributed by atoms with Crippen LogP contribution in [0.4, 0.5) is 5.82 Å². The normalized spacial score (nSPS) is 32.5. The fourth-order valence-corrected chi connectivity index (χ4v) is 6.07. The number of nitrogens with two attached hydrogens (primary N) is 1. The van der Waals surface area contributed by atoms with E-state index in [2.05, 4.69) is 64.7 Å². The van der Waals surface area contributed by atoms with Gasteiger partial charge < -0.3 is 28.8 Å². The molecule has 5 atom stereocenters. The van der Waals surface area contributed by atoms with Crippen molar-refractivity contribution in [3.05, 3.63) is 11.1 Å². The average molecular weight is 521 g/mol. The molecule has 0 aromatic carbocycles. The number of nitrogens with zero attached hydrogens (tertiary/aromatic N) is 4. The van der Waals surface area contributed by atoms with Gasteiger partial charge in [0.1, 0.15) is 24.6 Å². The monoisotopic (exact) mass is 520 g/mol.